The topological polar surface area (TPSA) is 65.2 Å². The summed E-state index contributed by atoms with van der Waals surface area (Å²) in [7, 11) is 0. The minimum absolute atomic E-state index is 0.0260. The third-order valence-electron chi connectivity index (χ3n) is 3.63. The third-order valence-corrected chi connectivity index (χ3v) is 3.63. The van der Waals surface area contributed by atoms with Crippen molar-refractivity contribution in [1.82, 2.24) is 4.98 Å². The summed E-state index contributed by atoms with van der Waals surface area (Å²) in [6, 6.07) is 1.60. The molecule has 1 fully saturated rings. The average Bonchev–Trinajstić information content (AvgIpc) is 2.32. The first-order valence-electron chi connectivity index (χ1n) is 6.38. The van der Waals surface area contributed by atoms with Crippen molar-refractivity contribution in [3.8, 4) is 0 Å². The molecule has 0 atom stereocenters. The van der Waals surface area contributed by atoms with Crippen LogP contribution in [0.5, 0.6) is 0 Å². The van der Waals surface area contributed by atoms with Crippen molar-refractivity contribution in [3.05, 3.63) is 24.0 Å². The van der Waals surface area contributed by atoms with E-state index < -0.39 is 0 Å². The minimum Gasteiger partial charge on any atom is -0.459 e. The van der Waals surface area contributed by atoms with Gasteiger partial charge in [0.1, 0.15) is 6.10 Å². The molecule has 2 N–H and O–H groups in total. The van der Waals surface area contributed by atoms with Crippen LogP contribution in [0, 0.1) is 5.41 Å². The van der Waals surface area contributed by atoms with Crippen molar-refractivity contribution in [3.63, 3.8) is 0 Å². The van der Waals surface area contributed by atoms with Crippen LogP contribution in [0.2, 0.25) is 0 Å². The van der Waals surface area contributed by atoms with E-state index in [4.69, 9.17) is 10.5 Å². The Bertz CT molecular complexity index is 433. The van der Waals surface area contributed by atoms with E-state index in [1.165, 1.54) is 6.20 Å². The van der Waals surface area contributed by atoms with Crippen LogP contribution in [0.3, 0.4) is 0 Å². The first-order chi connectivity index (χ1) is 8.48. The molecule has 0 unspecified atom stereocenters. The standard InChI is InChI=1S/C14H20N2O2/c1-14(2)6-3-10(4-7-14)18-13(17)11-5-8-16-9-12(11)15/h5,8-10H,3-4,6-7,15H2,1-2H3. The molecule has 1 saturated carbocycles. The second kappa shape index (κ2) is 4.96. The molecule has 4 nitrogen and oxygen atoms in total. The Morgan fingerprint density at radius 2 is 2.11 bits per heavy atom. The molecule has 1 heterocycles. The Balaban J connectivity index is 1.95. The predicted octanol–water partition coefficient (Wildman–Crippen LogP) is 2.79. The molecule has 1 aromatic rings. The number of carbonyl (C=O) groups excluding carboxylic acids is 1. The molecule has 0 bridgehead atoms. The molecule has 0 aliphatic heterocycles. The second-order valence-electron chi connectivity index (χ2n) is 5.73. The van der Waals surface area contributed by atoms with E-state index in [0.29, 0.717) is 16.7 Å². The molecule has 0 amide bonds. The molecule has 2 rings (SSSR count). The molecular formula is C14H20N2O2. The van der Waals surface area contributed by atoms with Gasteiger partial charge in [0, 0.05) is 6.20 Å². The highest BCUT2D eigenvalue weighted by Gasteiger charge is 2.29. The predicted molar refractivity (Wildman–Crippen MR) is 70.1 cm³/mol. The highest BCUT2D eigenvalue weighted by Crippen LogP contribution is 2.36. The van der Waals surface area contributed by atoms with Crippen molar-refractivity contribution >= 4 is 11.7 Å². The fourth-order valence-electron chi connectivity index (χ4n) is 2.30. The van der Waals surface area contributed by atoms with Gasteiger partial charge in [-0.1, -0.05) is 13.8 Å². The summed E-state index contributed by atoms with van der Waals surface area (Å²) in [5, 5.41) is 0. The summed E-state index contributed by atoms with van der Waals surface area (Å²) in [6.07, 6.45) is 7.11. The number of rotatable bonds is 2. The second-order valence-corrected chi connectivity index (χ2v) is 5.73. The van der Waals surface area contributed by atoms with Gasteiger partial charge in [-0.05, 0) is 37.2 Å². The molecule has 0 spiro atoms. The number of nitrogens with zero attached hydrogens (tertiary/aromatic N) is 1. The van der Waals surface area contributed by atoms with Crippen LogP contribution in [0.4, 0.5) is 5.69 Å². The molecule has 18 heavy (non-hydrogen) atoms. The SMILES string of the molecule is CC1(C)CCC(OC(=O)c2ccncc2N)CC1. The van der Waals surface area contributed by atoms with Gasteiger partial charge in [0.2, 0.25) is 0 Å². The zero-order valence-corrected chi connectivity index (χ0v) is 11.0. The number of hydrogen-bond acceptors (Lipinski definition) is 4. The third kappa shape index (κ3) is 3.00. The van der Waals surface area contributed by atoms with Gasteiger partial charge >= 0.3 is 5.97 Å². The number of pyridine rings is 1. The van der Waals surface area contributed by atoms with Crippen LogP contribution >= 0.6 is 0 Å². The van der Waals surface area contributed by atoms with Crippen molar-refractivity contribution < 1.29 is 9.53 Å². The maximum atomic E-state index is 12.0. The summed E-state index contributed by atoms with van der Waals surface area (Å²) in [5.74, 6) is -0.334. The zero-order valence-electron chi connectivity index (χ0n) is 11.0. The Hall–Kier alpha value is -1.58. The fraction of sp³-hybridized carbons (Fsp3) is 0.571. The molecule has 98 valence electrons. The lowest BCUT2D eigenvalue weighted by Crippen LogP contribution is -2.28. The van der Waals surface area contributed by atoms with Gasteiger partial charge in [-0.15, -0.1) is 0 Å². The molecule has 0 aromatic carbocycles. The number of nitrogen functional groups attached to an aromatic ring is 1. The number of hydrogen-bond donors (Lipinski definition) is 1. The maximum Gasteiger partial charge on any atom is 0.340 e. The van der Waals surface area contributed by atoms with Crippen LogP contribution < -0.4 is 5.73 Å². The van der Waals surface area contributed by atoms with Crippen LogP contribution in [0.25, 0.3) is 0 Å². The van der Waals surface area contributed by atoms with E-state index in [1.54, 1.807) is 12.3 Å². The van der Waals surface area contributed by atoms with Gasteiger partial charge in [0.15, 0.2) is 0 Å². The molecule has 4 heteroatoms. The molecular weight excluding hydrogens is 228 g/mol. The van der Waals surface area contributed by atoms with Gasteiger partial charge in [-0.25, -0.2) is 4.79 Å². The lowest BCUT2D eigenvalue weighted by Gasteiger charge is -2.33. The molecule has 1 aliphatic rings. The Kier molecular flexibility index (Phi) is 3.55. The summed E-state index contributed by atoms with van der Waals surface area (Å²) >= 11 is 0. The van der Waals surface area contributed by atoms with Crippen LogP contribution in [0.15, 0.2) is 18.5 Å². The lowest BCUT2D eigenvalue weighted by molar-refractivity contribution is 0.00961. The van der Waals surface area contributed by atoms with Crippen molar-refractivity contribution in [1.29, 1.82) is 0 Å². The van der Waals surface area contributed by atoms with Crippen LogP contribution in [-0.4, -0.2) is 17.1 Å². The average molecular weight is 248 g/mol. The van der Waals surface area contributed by atoms with Gasteiger partial charge < -0.3 is 10.5 Å². The molecule has 0 radical (unpaired) electrons. The molecule has 1 aromatic heterocycles. The number of esters is 1. The lowest BCUT2D eigenvalue weighted by atomic mass is 9.76. The van der Waals surface area contributed by atoms with E-state index in [-0.39, 0.29) is 12.1 Å². The summed E-state index contributed by atoms with van der Waals surface area (Å²) < 4.78 is 5.50. The van der Waals surface area contributed by atoms with E-state index in [1.807, 2.05) is 0 Å². The fourth-order valence-corrected chi connectivity index (χ4v) is 2.30. The minimum atomic E-state index is -0.334. The van der Waals surface area contributed by atoms with Gasteiger partial charge in [-0.3, -0.25) is 4.98 Å². The molecule has 0 saturated heterocycles. The van der Waals surface area contributed by atoms with Gasteiger partial charge in [0.25, 0.3) is 0 Å². The van der Waals surface area contributed by atoms with E-state index in [2.05, 4.69) is 18.8 Å². The quantitative estimate of drug-likeness (QED) is 0.817. The van der Waals surface area contributed by atoms with Gasteiger partial charge in [0.05, 0.1) is 17.4 Å². The van der Waals surface area contributed by atoms with Crippen molar-refractivity contribution in [2.75, 3.05) is 5.73 Å². The first kappa shape index (κ1) is 12.9. The van der Waals surface area contributed by atoms with Crippen molar-refractivity contribution in [2.45, 2.75) is 45.6 Å². The first-order valence-corrected chi connectivity index (χ1v) is 6.38. The maximum absolute atomic E-state index is 12.0. The van der Waals surface area contributed by atoms with Crippen LogP contribution in [-0.2, 0) is 4.74 Å². The molecule has 1 aliphatic carbocycles. The zero-order chi connectivity index (χ0) is 13.2. The number of nitrogens with two attached hydrogens (primary N) is 1. The number of aromatic nitrogens is 1. The number of anilines is 1. The summed E-state index contributed by atoms with van der Waals surface area (Å²) in [5.41, 5.74) is 6.87. The highest BCUT2D eigenvalue weighted by atomic mass is 16.5. The van der Waals surface area contributed by atoms with Crippen molar-refractivity contribution in [2.24, 2.45) is 5.41 Å². The van der Waals surface area contributed by atoms with E-state index >= 15 is 0 Å². The number of carbonyl (C=O) groups is 1. The van der Waals surface area contributed by atoms with Crippen LogP contribution in [0.1, 0.15) is 49.9 Å². The monoisotopic (exact) mass is 248 g/mol. The smallest absolute Gasteiger partial charge is 0.340 e. The Labute approximate surface area is 108 Å². The summed E-state index contributed by atoms with van der Waals surface area (Å²) in [4.78, 5) is 15.8. The number of ether oxygens (including phenoxy) is 1. The highest BCUT2D eigenvalue weighted by molar-refractivity contribution is 5.94. The van der Waals surface area contributed by atoms with E-state index in [0.717, 1.165) is 25.7 Å². The van der Waals surface area contributed by atoms with E-state index in [9.17, 15) is 4.79 Å². The Morgan fingerprint density at radius 3 is 2.72 bits per heavy atom. The summed E-state index contributed by atoms with van der Waals surface area (Å²) in [6.45, 7) is 4.51. The van der Waals surface area contributed by atoms with Gasteiger partial charge in [-0.2, -0.15) is 0 Å². The Morgan fingerprint density at radius 1 is 1.44 bits per heavy atom. The normalized spacial score (nSPS) is 19.4. The largest absolute Gasteiger partial charge is 0.459 e.